The van der Waals surface area contributed by atoms with Gasteiger partial charge in [-0.25, -0.2) is 32.2 Å². The molecular weight excluding hydrogens is 729 g/mol. The van der Waals surface area contributed by atoms with Crippen LogP contribution in [0, 0.1) is 24.5 Å². The van der Waals surface area contributed by atoms with Crippen molar-refractivity contribution in [2.45, 2.75) is 26.2 Å². The first-order chi connectivity index (χ1) is 26.4. The fourth-order valence-electron chi connectivity index (χ4n) is 6.91. The van der Waals surface area contributed by atoms with E-state index in [4.69, 9.17) is 14.7 Å². The van der Waals surface area contributed by atoms with Crippen LogP contribution in [0.1, 0.15) is 35.2 Å². The highest BCUT2D eigenvalue weighted by Crippen LogP contribution is 2.38. The summed E-state index contributed by atoms with van der Waals surface area (Å²) in [4.78, 5) is 29.7. The van der Waals surface area contributed by atoms with E-state index in [9.17, 15) is 27.1 Å². The molecule has 55 heavy (non-hydrogen) atoms. The standard InChI is InChI=1S/C40H39F2N7O5S/c1-24-21-31(33(50)23-32(24)48-18-13-25(14-19-48)15-20-55(3,52)53)45-40-43-16-12-30(44-40)38-36(46-35-9-4-5-17-49(35)38)26-10-11-34(54-2)27(22-26)39(51)47-37-28(41)7-6-8-29(37)42/h4-12,16-17,21-23,25,50H,13-15,18-20H2,1-3H3,(H,47,51)(H,43,44,45). The van der Waals surface area contributed by atoms with Crippen LogP contribution in [-0.2, 0) is 9.84 Å². The van der Waals surface area contributed by atoms with Crippen LogP contribution >= 0.6 is 0 Å². The molecule has 3 aromatic heterocycles. The predicted molar refractivity (Wildman–Crippen MR) is 208 cm³/mol. The van der Waals surface area contributed by atoms with Crippen molar-refractivity contribution < 1.29 is 31.8 Å². The Kier molecular flexibility index (Phi) is 10.4. The fraction of sp³-hybridized carbons (Fsp3) is 0.250. The van der Waals surface area contributed by atoms with E-state index in [1.54, 1.807) is 36.5 Å². The molecule has 1 amide bonds. The molecular formula is C40H39F2N7O5S. The van der Waals surface area contributed by atoms with Crippen molar-refractivity contribution in [2.24, 2.45) is 5.92 Å². The third-order valence-corrected chi connectivity index (χ3v) is 10.7. The maximum Gasteiger partial charge on any atom is 0.259 e. The zero-order chi connectivity index (χ0) is 38.9. The summed E-state index contributed by atoms with van der Waals surface area (Å²) in [5.74, 6) is -1.65. The highest BCUT2D eigenvalue weighted by molar-refractivity contribution is 7.90. The number of amides is 1. The molecule has 0 atom stereocenters. The Bertz CT molecular complexity index is 2500. The fourth-order valence-corrected chi connectivity index (χ4v) is 7.67. The highest BCUT2D eigenvalue weighted by atomic mass is 32.2. The van der Waals surface area contributed by atoms with Crippen LogP contribution in [0.3, 0.4) is 0 Å². The van der Waals surface area contributed by atoms with Gasteiger partial charge in [-0.3, -0.25) is 9.20 Å². The van der Waals surface area contributed by atoms with E-state index in [0.29, 0.717) is 46.3 Å². The number of ether oxygens (including phenoxy) is 1. The molecule has 15 heteroatoms. The second kappa shape index (κ2) is 15.3. The Morgan fingerprint density at radius 1 is 1.00 bits per heavy atom. The Hall–Kier alpha value is -6.09. The number of imidazole rings is 1. The average molecular weight is 768 g/mol. The summed E-state index contributed by atoms with van der Waals surface area (Å²) >= 11 is 0. The number of para-hydroxylation sites is 1. The number of phenols is 1. The van der Waals surface area contributed by atoms with Crippen LogP contribution in [0.15, 0.2) is 85.2 Å². The number of methoxy groups -OCH3 is 1. The van der Waals surface area contributed by atoms with Gasteiger partial charge in [0.15, 0.2) is 0 Å². The second-order valence-electron chi connectivity index (χ2n) is 13.6. The minimum Gasteiger partial charge on any atom is -0.506 e. The number of hydrogen-bond acceptors (Lipinski definition) is 10. The molecule has 0 saturated carbocycles. The lowest BCUT2D eigenvalue weighted by molar-refractivity contribution is 0.102. The molecule has 284 valence electrons. The molecule has 0 aliphatic carbocycles. The topological polar surface area (TPSA) is 151 Å². The number of carbonyl (C=O) groups excluding carboxylic acids is 1. The van der Waals surface area contributed by atoms with Crippen molar-refractivity contribution in [1.29, 1.82) is 0 Å². The number of aromatic hydroxyl groups is 1. The van der Waals surface area contributed by atoms with Crippen molar-refractivity contribution >= 4 is 44.4 Å². The van der Waals surface area contributed by atoms with Gasteiger partial charge in [0, 0.05) is 49.1 Å². The van der Waals surface area contributed by atoms with Gasteiger partial charge in [0.05, 0.1) is 41.2 Å². The largest absolute Gasteiger partial charge is 0.506 e. The van der Waals surface area contributed by atoms with Gasteiger partial charge in [-0.05, 0) is 92.3 Å². The van der Waals surface area contributed by atoms with Crippen LogP contribution in [-0.4, -0.2) is 71.0 Å². The molecule has 0 unspecified atom stereocenters. The van der Waals surface area contributed by atoms with E-state index in [-0.39, 0.29) is 28.8 Å². The molecule has 1 saturated heterocycles. The Morgan fingerprint density at radius 3 is 2.49 bits per heavy atom. The van der Waals surface area contributed by atoms with Gasteiger partial charge in [-0.15, -0.1) is 0 Å². The van der Waals surface area contributed by atoms with Gasteiger partial charge in [0.2, 0.25) is 5.95 Å². The molecule has 1 aliphatic heterocycles. The number of nitrogens with zero attached hydrogens (tertiary/aromatic N) is 5. The van der Waals surface area contributed by atoms with E-state index in [1.807, 2.05) is 41.8 Å². The zero-order valence-corrected chi connectivity index (χ0v) is 31.2. The lowest BCUT2D eigenvalue weighted by Gasteiger charge is -2.34. The number of phenolic OH excluding ortho intramolecular Hbond substituents is 1. The van der Waals surface area contributed by atoms with Crippen molar-refractivity contribution in [1.82, 2.24) is 19.4 Å². The summed E-state index contributed by atoms with van der Waals surface area (Å²) in [6, 6.07) is 19.0. The molecule has 4 heterocycles. The summed E-state index contributed by atoms with van der Waals surface area (Å²) in [5.41, 5.74) is 4.34. The van der Waals surface area contributed by atoms with Gasteiger partial charge >= 0.3 is 0 Å². The lowest BCUT2D eigenvalue weighted by Crippen LogP contribution is -2.34. The van der Waals surface area contributed by atoms with Gasteiger partial charge in [0.25, 0.3) is 5.91 Å². The first-order valence-corrected chi connectivity index (χ1v) is 19.7. The Labute approximate surface area is 316 Å². The summed E-state index contributed by atoms with van der Waals surface area (Å²) in [6.45, 7) is 3.49. The van der Waals surface area contributed by atoms with Crippen LogP contribution < -0.4 is 20.3 Å². The normalized spacial score (nSPS) is 13.6. The lowest BCUT2D eigenvalue weighted by atomic mass is 9.93. The number of anilines is 4. The molecule has 0 radical (unpaired) electrons. The van der Waals surface area contributed by atoms with Gasteiger partial charge in [-0.2, -0.15) is 0 Å². The number of aromatic nitrogens is 4. The molecule has 12 nitrogen and oxygen atoms in total. The first kappa shape index (κ1) is 37.2. The van der Waals surface area contributed by atoms with Crippen LogP contribution in [0.2, 0.25) is 0 Å². The number of aryl methyl sites for hydroxylation is 1. The third kappa shape index (κ3) is 8.06. The highest BCUT2D eigenvalue weighted by Gasteiger charge is 2.24. The molecule has 0 bridgehead atoms. The van der Waals surface area contributed by atoms with E-state index in [2.05, 4.69) is 20.5 Å². The van der Waals surface area contributed by atoms with Gasteiger partial charge < -0.3 is 25.4 Å². The molecule has 3 N–H and O–H groups in total. The minimum atomic E-state index is -3.00. The first-order valence-electron chi connectivity index (χ1n) is 17.7. The number of sulfone groups is 1. The van der Waals surface area contributed by atoms with E-state index in [0.717, 1.165) is 49.3 Å². The smallest absolute Gasteiger partial charge is 0.259 e. The number of carbonyl (C=O) groups is 1. The van der Waals surface area contributed by atoms with Crippen molar-refractivity contribution in [2.75, 3.05) is 47.7 Å². The molecule has 1 fully saturated rings. The number of rotatable bonds is 11. The number of fused-ring (bicyclic) bond motifs is 1. The summed E-state index contributed by atoms with van der Waals surface area (Å²) in [7, 11) is -1.60. The predicted octanol–water partition coefficient (Wildman–Crippen LogP) is 7.41. The van der Waals surface area contributed by atoms with Crippen LogP contribution in [0.25, 0.3) is 28.3 Å². The summed E-state index contributed by atoms with van der Waals surface area (Å²) in [6.07, 6.45) is 7.09. The molecule has 7 rings (SSSR count). The van der Waals surface area contributed by atoms with Gasteiger partial charge in [-0.1, -0.05) is 12.1 Å². The molecule has 6 aromatic rings. The van der Waals surface area contributed by atoms with Crippen molar-refractivity contribution in [3.05, 3.63) is 108 Å². The summed E-state index contributed by atoms with van der Waals surface area (Å²) in [5, 5.41) is 16.6. The SMILES string of the molecule is COc1ccc(-c2nc3ccccn3c2-c2ccnc(Nc3cc(C)c(N4CCC(CCS(C)(=O)=O)CC4)cc3O)n2)cc1C(=O)Nc1c(F)cccc1F. The van der Waals surface area contributed by atoms with Gasteiger partial charge in [0.1, 0.15) is 44.3 Å². The van der Waals surface area contributed by atoms with Crippen LogP contribution in [0.5, 0.6) is 11.5 Å². The number of benzene rings is 3. The second-order valence-corrected chi connectivity index (χ2v) is 15.9. The number of piperidine rings is 1. The van der Waals surface area contributed by atoms with Crippen LogP contribution in [0.4, 0.5) is 31.8 Å². The minimum absolute atomic E-state index is 0.0172. The average Bonchev–Trinajstić information content (AvgIpc) is 3.56. The maximum absolute atomic E-state index is 14.4. The monoisotopic (exact) mass is 767 g/mol. The third-order valence-electron chi connectivity index (χ3n) is 9.76. The number of halogens is 2. The zero-order valence-electron chi connectivity index (χ0n) is 30.4. The maximum atomic E-state index is 14.4. The number of nitrogens with one attached hydrogen (secondary N) is 2. The van der Waals surface area contributed by atoms with E-state index >= 15 is 0 Å². The number of pyridine rings is 1. The van der Waals surface area contributed by atoms with Crippen molar-refractivity contribution in [3.8, 4) is 34.1 Å². The summed E-state index contributed by atoms with van der Waals surface area (Å²) < 4.78 is 59.4. The quantitative estimate of drug-likeness (QED) is 0.114. The molecule has 1 aliphatic rings. The Balaban J connectivity index is 1.17. The molecule has 0 spiro atoms. The Morgan fingerprint density at radius 2 is 1.76 bits per heavy atom. The molecule has 3 aromatic carbocycles. The van der Waals surface area contributed by atoms with Crippen molar-refractivity contribution in [3.63, 3.8) is 0 Å². The number of hydrogen-bond donors (Lipinski definition) is 3. The van der Waals surface area contributed by atoms with E-state index < -0.39 is 33.1 Å². The van der Waals surface area contributed by atoms with E-state index in [1.165, 1.54) is 19.4 Å².